The van der Waals surface area contributed by atoms with Crippen LogP contribution in [0.3, 0.4) is 0 Å². The molecule has 4 nitrogen and oxygen atoms in total. The van der Waals surface area contributed by atoms with Crippen LogP contribution < -0.4 is 0 Å². The third-order valence-corrected chi connectivity index (χ3v) is 1.66. The number of hydrogen-bond donors (Lipinski definition) is 1. The molecule has 0 aromatic heterocycles. The van der Waals surface area contributed by atoms with E-state index in [0.717, 1.165) is 0 Å². The Kier molecular flexibility index (Phi) is 3.10. The van der Waals surface area contributed by atoms with Crippen molar-refractivity contribution >= 4 is 10.1 Å². The normalized spacial score (nSPS) is 15.4. The van der Waals surface area contributed by atoms with E-state index in [-0.39, 0.29) is 0 Å². The first-order chi connectivity index (χ1) is 3.95. The summed E-state index contributed by atoms with van der Waals surface area (Å²) in [5.41, 5.74) is 0. The molecule has 9 heavy (non-hydrogen) atoms. The van der Waals surface area contributed by atoms with Gasteiger partial charge in [-0.15, -0.1) is 0 Å². The summed E-state index contributed by atoms with van der Waals surface area (Å²) in [5.74, 6) is -0.677. The molecule has 0 aliphatic carbocycles. The highest BCUT2D eigenvalue weighted by atomic mass is 32.2. The van der Waals surface area contributed by atoms with Gasteiger partial charge >= 0.3 is 0 Å². The van der Waals surface area contributed by atoms with Crippen LogP contribution >= 0.6 is 0 Å². The number of hydrogen-bond acceptors (Lipinski definition) is 4. The minimum Gasteiger partial charge on any atom is -0.748 e. The number of rotatable bonds is 3. The average Bonchev–Trinajstić information content (AvgIpc) is 1.62. The van der Waals surface area contributed by atoms with E-state index in [0.29, 0.717) is 6.42 Å². The molecule has 56 valence electrons. The molecule has 0 saturated heterocycles. The lowest BCUT2D eigenvalue weighted by Gasteiger charge is -2.09. The SMILES string of the molecule is CCC(O)CS(=O)(=O)[O-]. The van der Waals surface area contributed by atoms with Crippen LogP contribution in [-0.4, -0.2) is 29.9 Å². The van der Waals surface area contributed by atoms with Gasteiger partial charge in [-0.3, -0.25) is 0 Å². The predicted octanol–water partition coefficient (Wildman–Crippen LogP) is -0.697. The largest absolute Gasteiger partial charge is 0.748 e. The van der Waals surface area contributed by atoms with Gasteiger partial charge < -0.3 is 9.66 Å². The molecule has 1 unspecified atom stereocenters. The van der Waals surface area contributed by atoms with Crippen LogP contribution in [-0.2, 0) is 10.1 Å². The van der Waals surface area contributed by atoms with E-state index in [1.807, 2.05) is 0 Å². The zero-order valence-electron chi connectivity index (χ0n) is 5.07. The first-order valence-corrected chi connectivity index (χ1v) is 4.15. The smallest absolute Gasteiger partial charge is 0.0971 e. The van der Waals surface area contributed by atoms with E-state index in [9.17, 15) is 13.0 Å². The summed E-state index contributed by atoms with van der Waals surface area (Å²) in [6, 6.07) is 0. The summed E-state index contributed by atoms with van der Waals surface area (Å²) in [4.78, 5) is 0. The molecule has 0 fully saturated rings. The molecule has 0 radical (unpaired) electrons. The third-order valence-electron chi connectivity index (χ3n) is 0.868. The van der Waals surface area contributed by atoms with E-state index >= 15 is 0 Å². The van der Waals surface area contributed by atoms with E-state index in [1.165, 1.54) is 0 Å². The highest BCUT2D eigenvalue weighted by molar-refractivity contribution is 7.85. The molecule has 5 heteroatoms. The highest BCUT2D eigenvalue weighted by Gasteiger charge is 2.04. The maximum atomic E-state index is 9.88. The van der Waals surface area contributed by atoms with Crippen LogP contribution in [0.4, 0.5) is 0 Å². The minimum absolute atomic E-state index is 0.293. The van der Waals surface area contributed by atoms with Gasteiger partial charge in [0.1, 0.15) is 0 Å². The standard InChI is InChI=1S/C4H10O4S/c1-2-4(5)3-9(6,7)8/h4-5H,2-3H2,1H3,(H,6,7,8)/p-1. The van der Waals surface area contributed by atoms with Crippen molar-refractivity contribution in [2.24, 2.45) is 0 Å². The van der Waals surface area contributed by atoms with Crippen LogP contribution in [0.5, 0.6) is 0 Å². The Morgan fingerprint density at radius 2 is 2.11 bits per heavy atom. The zero-order valence-corrected chi connectivity index (χ0v) is 5.89. The Labute approximate surface area is 54.3 Å². The van der Waals surface area contributed by atoms with E-state index in [2.05, 4.69) is 0 Å². The van der Waals surface area contributed by atoms with Gasteiger partial charge in [-0.2, -0.15) is 0 Å². The molecule has 0 aromatic rings. The molecule has 0 rings (SSSR count). The van der Waals surface area contributed by atoms with Gasteiger partial charge in [0.25, 0.3) is 0 Å². The highest BCUT2D eigenvalue weighted by Crippen LogP contribution is 1.93. The molecule has 0 heterocycles. The lowest BCUT2D eigenvalue weighted by molar-refractivity contribution is 0.190. The summed E-state index contributed by atoms with van der Waals surface area (Å²) in [5, 5.41) is 8.61. The Morgan fingerprint density at radius 3 is 2.22 bits per heavy atom. The Morgan fingerprint density at radius 1 is 1.67 bits per heavy atom. The van der Waals surface area contributed by atoms with Gasteiger partial charge in [0, 0.05) is 0 Å². The summed E-state index contributed by atoms with van der Waals surface area (Å²) in [7, 11) is -4.24. The molecule has 0 aliphatic rings. The molecular formula is C4H9O4S-. The molecular weight excluding hydrogens is 144 g/mol. The lowest BCUT2D eigenvalue weighted by Crippen LogP contribution is -2.18. The van der Waals surface area contributed by atoms with Crippen molar-refractivity contribution in [3.05, 3.63) is 0 Å². The Bertz CT molecular complexity index is 159. The van der Waals surface area contributed by atoms with Crippen molar-refractivity contribution in [3.63, 3.8) is 0 Å². The Balaban J connectivity index is 3.75. The van der Waals surface area contributed by atoms with E-state index in [4.69, 9.17) is 5.11 Å². The zero-order chi connectivity index (χ0) is 7.49. The second-order valence-electron chi connectivity index (χ2n) is 1.79. The molecule has 1 N–H and O–H groups in total. The third kappa shape index (κ3) is 5.75. The number of aliphatic hydroxyl groups excluding tert-OH is 1. The first-order valence-electron chi connectivity index (χ1n) is 2.57. The van der Waals surface area contributed by atoms with Gasteiger partial charge in [-0.25, -0.2) is 8.42 Å². The van der Waals surface area contributed by atoms with Crippen molar-refractivity contribution in [2.75, 3.05) is 5.75 Å². The fourth-order valence-electron chi connectivity index (χ4n) is 0.353. The average molecular weight is 153 g/mol. The van der Waals surface area contributed by atoms with Crippen LogP contribution in [0.15, 0.2) is 0 Å². The summed E-state index contributed by atoms with van der Waals surface area (Å²) in [6.45, 7) is 1.61. The Hall–Kier alpha value is -0.130. The predicted molar refractivity (Wildman–Crippen MR) is 30.9 cm³/mol. The summed E-state index contributed by atoms with van der Waals surface area (Å²) in [6.07, 6.45) is -0.714. The first kappa shape index (κ1) is 8.87. The summed E-state index contributed by atoms with van der Waals surface area (Å²) >= 11 is 0. The molecule has 1 atom stereocenters. The van der Waals surface area contributed by atoms with Gasteiger partial charge in [0.05, 0.1) is 22.0 Å². The van der Waals surface area contributed by atoms with Crippen molar-refractivity contribution in [1.82, 2.24) is 0 Å². The fourth-order valence-corrected chi connectivity index (χ4v) is 1.06. The maximum Gasteiger partial charge on any atom is 0.0971 e. The van der Waals surface area contributed by atoms with E-state index < -0.39 is 22.0 Å². The van der Waals surface area contributed by atoms with Crippen LogP contribution in [0.25, 0.3) is 0 Å². The molecule has 0 aliphatic heterocycles. The van der Waals surface area contributed by atoms with Crippen molar-refractivity contribution in [1.29, 1.82) is 0 Å². The second-order valence-corrected chi connectivity index (χ2v) is 3.24. The quantitative estimate of drug-likeness (QED) is 0.544. The van der Waals surface area contributed by atoms with Gasteiger partial charge in [0.15, 0.2) is 0 Å². The monoisotopic (exact) mass is 153 g/mol. The van der Waals surface area contributed by atoms with Gasteiger partial charge in [-0.1, -0.05) is 6.92 Å². The van der Waals surface area contributed by atoms with Gasteiger partial charge in [0.2, 0.25) is 0 Å². The van der Waals surface area contributed by atoms with Crippen molar-refractivity contribution < 1.29 is 18.1 Å². The lowest BCUT2D eigenvalue weighted by atomic mass is 10.3. The number of aliphatic hydroxyl groups is 1. The summed E-state index contributed by atoms with van der Waals surface area (Å²) < 4.78 is 29.7. The van der Waals surface area contributed by atoms with E-state index in [1.54, 1.807) is 6.92 Å². The van der Waals surface area contributed by atoms with Gasteiger partial charge in [-0.05, 0) is 6.42 Å². The molecule has 0 bridgehead atoms. The fraction of sp³-hybridized carbons (Fsp3) is 1.00. The van der Waals surface area contributed by atoms with Crippen LogP contribution in [0.1, 0.15) is 13.3 Å². The maximum absolute atomic E-state index is 9.88. The topological polar surface area (TPSA) is 77.4 Å². The van der Waals surface area contributed by atoms with Crippen LogP contribution in [0, 0.1) is 0 Å². The second kappa shape index (κ2) is 3.14. The molecule has 0 amide bonds. The molecule has 0 aromatic carbocycles. The van der Waals surface area contributed by atoms with Crippen LogP contribution in [0.2, 0.25) is 0 Å². The minimum atomic E-state index is -4.24. The molecule has 0 saturated carbocycles. The van der Waals surface area contributed by atoms with Crippen molar-refractivity contribution in [2.45, 2.75) is 19.4 Å². The molecule has 0 spiro atoms. The van der Waals surface area contributed by atoms with Crippen molar-refractivity contribution in [3.8, 4) is 0 Å².